The van der Waals surface area contributed by atoms with E-state index in [4.69, 9.17) is 6.85 Å². The molecule has 0 amide bonds. The zero-order valence-electron chi connectivity index (χ0n) is 23.1. The Hall–Kier alpha value is 0.420. The van der Waals surface area contributed by atoms with Crippen LogP contribution in [0.4, 0.5) is 0 Å². The fourth-order valence-corrected chi connectivity index (χ4v) is 7.62. The first-order valence-corrected chi connectivity index (χ1v) is 11.8. The van der Waals surface area contributed by atoms with Gasteiger partial charge in [-0.05, 0) is 80.4 Å². The number of hydrogen-bond acceptors (Lipinski definition) is 8. The van der Waals surface area contributed by atoms with Crippen molar-refractivity contribution in [1.29, 1.82) is 0 Å². The van der Waals surface area contributed by atoms with Gasteiger partial charge in [0, 0.05) is 10.9 Å². The van der Waals surface area contributed by atoms with Crippen LogP contribution in [0, 0.1) is 34.5 Å². The molecule has 0 aromatic heterocycles. The van der Waals surface area contributed by atoms with Crippen molar-refractivity contribution in [2.75, 3.05) is 6.61 Å². The Labute approximate surface area is 213 Å². The van der Waals surface area contributed by atoms with Crippen LogP contribution in [0.25, 0.3) is 0 Å². The van der Waals surface area contributed by atoms with E-state index in [0.29, 0.717) is 12.8 Å². The maximum absolute atomic E-state index is 12.5. The van der Waals surface area contributed by atoms with Crippen LogP contribution in [-0.2, 0) is 19.4 Å². The van der Waals surface area contributed by atoms with Crippen molar-refractivity contribution >= 4 is 16.2 Å². The molecule has 0 aromatic rings. The Morgan fingerprint density at radius 2 is 1.97 bits per heavy atom. The van der Waals surface area contributed by atoms with E-state index in [1.54, 1.807) is 13.8 Å². The summed E-state index contributed by atoms with van der Waals surface area (Å²) in [6.45, 7) is 2.51. The van der Waals surface area contributed by atoms with Gasteiger partial charge in [0.1, 0.15) is 12.2 Å². The van der Waals surface area contributed by atoms with Crippen LogP contribution in [0.5, 0.6) is 0 Å². The van der Waals surface area contributed by atoms with Crippen molar-refractivity contribution in [3.05, 3.63) is 0 Å². The molecule has 4 aliphatic carbocycles. The van der Waals surface area contributed by atoms with E-state index in [0.717, 1.165) is 0 Å². The first-order valence-electron chi connectivity index (χ1n) is 12.9. The van der Waals surface area contributed by atoms with E-state index in [2.05, 4.69) is 4.18 Å². The smallest absolute Gasteiger partial charge is 0.726 e. The van der Waals surface area contributed by atoms with E-state index in [9.17, 15) is 33.1 Å². The van der Waals surface area contributed by atoms with Gasteiger partial charge < -0.3 is 19.9 Å². The molecule has 4 aliphatic rings. The number of fused-ring (bicyclic) bond motifs is 5. The van der Waals surface area contributed by atoms with E-state index in [1.807, 2.05) is 0 Å². The maximum Gasteiger partial charge on any atom is 1.00 e. The molecule has 0 saturated heterocycles. The van der Waals surface area contributed by atoms with E-state index < -0.39 is 82.4 Å². The minimum absolute atomic E-state index is 0. The van der Waals surface area contributed by atoms with Crippen molar-refractivity contribution in [3.8, 4) is 0 Å². The number of hydrogen-bond donors (Lipinski definition) is 3. The van der Waals surface area contributed by atoms with Gasteiger partial charge in [0.15, 0.2) is 5.78 Å². The average Bonchev–Trinajstić information content (AvgIpc) is 2.95. The molecule has 4 fully saturated rings. The van der Waals surface area contributed by atoms with E-state index >= 15 is 0 Å². The fraction of sp³-hybridized carbons (Fsp3) is 0.952. The minimum atomic E-state index is -5.61. The van der Waals surface area contributed by atoms with Crippen molar-refractivity contribution in [2.45, 2.75) is 82.9 Å². The third-order valence-electron chi connectivity index (χ3n) is 8.68. The number of ketones is 1. The number of aliphatic hydroxyl groups is 3. The summed E-state index contributed by atoms with van der Waals surface area (Å²) in [7, 11) is -5.61. The van der Waals surface area contributed by atoms with Crippen LogP contribution in [0.3, 0.4) is 0 Å². The molecule has 10 heteroatoms. The Morgan fingerprint density at radius 3 is 2.58 bits per heavy atom. The molecule has 8 nitrogen and oxygen atoms in total. The zero-order valence-corrected chi connectivity index (χ0v) is 20.9. The molecule has 3 N–H and O–H groups in total. The van der Waals surface area contributed by atoms with Gasteiger partial charge in [0.25, 0.3) is 0 Å². The molecular formula is C21H33NaO8S. The second-order valence-corrected chi connectivity index (χ2v) is 10.9. The van der Waals surface area contributed by atoms with Gasteiger partial charge in [-0.3, -0.25) is 8.98 Å². The van der Waals surface area contributed by atoms with Gasteiger partial charge >= 0.3 is 29.6 Å². The standard InChI is InChI=1S/C21H34O8S.Na/c1-19-7-5-13(29-30(26,27)28)9-12(19)3-4-14-15-6-8-21(25,17(24)11-22)20(15,2)10-16(23)18(14)19;/h12-16,18,22-23,25H,3-11H2,1-2H3,(H,26,27,28);/q;+1/p-1/t12-,13+,14-,15-,16-,18+,19-,20-,21-;/m0./s1/i5D2,9D2,13D;. The summed E-state index contributed by atoms with van der Waals surface area (Å²) in [5, 5.41) is 32.2. The van der Waals surface area contributed by atoms with E-state index in [1.165, 1.54) is 0 Å². The predicted molar refractivity (Wildman–Crippen MR) is 105 cm³/mol. The molecular weight excluding hydrogens is 435 g/mol. The number of aliphatic hydroxyl groups excluding tert-OH is 2. The summed E-state index contributed by atoms with van der Waals surface area (Å²) in [6.07, 6.45) is -9.82. The summed E-state index contributed by atoms with van der Waals surface area (Å²) in [5.74, 6) is -3.04. The van der Waals surface area contributed by atoms with Crippen molar-refractivity contribution < 1.29 is 73.7 Å². The third-order valence-corrected chi connectivity index (χ3v) is 9.05. The van der Waals surface area contributed by atoms with Crippen LogP contribution in [0.2, 0.25) is 0 Å². The maximum atomic E-state index is 12.5. The Morgan fingerprint density at radius 1 is 1.29 bits per heavy atom. The molecule has 0 bridgehead atoms. The fourth-order valence-electron chi connectivity index (χ4n) is 7.31. The summed E-state index contributed by atoms with van der Waals surface area (Å²) < 4.78 is 81.1. The summed E-state index contributed by atoms with van der Waals surface area (Å²) in [5.41, 5.74) is -4.10. The van der Waals surface area contributed by atoms with Crippen LogP contribution >= 0.6 is 0 Å². The van der Waals surface area contributed by atoms with Gasteiger partial charge in [0.05, 0.1) is 13.6 Å². The van der Waals surface area contributed by atoms with Gasteiger partial charge in [0.2, 0.25) is 10.4 Å². The van der Waals surface area contributed by atoms with Crippen molar-refractivity contribution in [1.82, 2.24) is 0 Å². The monoisotopic (exact) mass is 473 g/mol. The van der Waals surface area contributed by atoms with Crippen molar-refractivity contribution in [3.63, 3.8) is 0 Å². The molecule has 4 rings (SSSR count). The molecule has 9 atom stereocenters. The second kappa shape index (κ2) is 8.57. The molecule has 0 unspecified atom stereocenters. The molecule has 0 aliphatic heterocycles. The number of carbonyl (C=O) groups is 1. The summed E-state index contributed by atoms with van der Waals surface area (Å²) in [4.78, 5) is 12.5. The van der Waals surface area contributed by atoms with Crippen LogP contribution < -0.4 is 29.6 Å². The largest absolute Gasteiger partial charge is 1.00 e. The van der Waals surface area contributed by atoms with Crippen LogP contribution in [0.1, 0.15) is 72.0 Å². The van der Waals surface area contributed by atoms with Gasteiger partial charge in [-0.1, -0.05) is 13.8 Å². The summed E-state index contributed by atoms with van der Waals surface area (Å²) >= 11 is 0. The van der Waals surface area contributed by atoms with Crippen LogP contribution in [-0.4, -0.2) is 58.5 Å². The molecule has 172 valence electrons. The number of Topliss-reactive ketones (excluding diaryl/α,β-unsaturated/α-hetero) is 1. The Bertz CT molecular complexity index is 1030. The molecule has 0 aromatic carbocycles. The average molecular weight is 474 g/mol. The number of rotatable bonds is 4. The van der Waals surface area contributed by atoms with Gasteiger partial charge in [-0.15, -0.1) is 0 Å². The first kappa shape index (κ1) is 19.7. The predicted octanol–water partition coefficient (Wildman–Crippen LogP) is -1.86. The van der Waals surface area contributed by atoms with Crippen LogP contribution in [0.15, 0.2) is 0 Å². The number of carbonyl (C=O) groups excluding carboxylic acids is 1. The molecule has 0 radical (unpaired) electrons. The van der Waals surface area contributed by atoms with Gasteiger partial charge in [-0.2, -0.15) is 0 Å². The minimum Gasteiger partial charge on any atom is -0.726 e. The SMILES string of the molecule is [2H]C1([2H])C[C@]2(C)[C@@H]3[C@@H](CC[C@H]2C([2H])([2H])[C@]1([2H])OS(=O)(=O)[O-])[C@@H]1CC[C@](O)(C(=O)CO)[C@@]1(C)C[C@@H]3O.[Na+]. The first-order chi connectivity index (χ1) is 15.7. The van der Waals surface area contributed by atoms with E-state index in [-0.39, 0.29) is 60.7 Å². The second-order valence-electron chi connectivity index (χ2n) is 9.92. The normalized spacial score (nSPS) is 57.4. The third kappa shape index (κ3) is 4.00. The Balaban J connectivity index is 0.00000361. The topological polar surface area (TPSA) is 144 Å². The quantitative estimate of drug-likeness (QED) is 0.245. The van der Waals surface area contributed by atoms with Crippen molar-refractivity contribution in [2.24, 2.45) is 34.5 Å². The van der Waals surface area contributed by atoms with Gasteiger partial charge in [-0.25, -0.2) is 8.42 Å². The molecule has 31 heavy (non-hydrogen) atoms. The molecule has 0 spiro atoms. The summed E-state index contributed by atoms with van der Waals surface area (Å²) in [6, 6.07) is 0. The Kier molecular flexibility index (Phi) is 5.45. The molecule has 0 heterocycles. The molecule has 4 saturated carbocycles. The zero-order chi connectivity index (χ0) is 26.6.